The highest BCUT2D eigenvalue weighted by Crippen LogP contribution is 2.10. The van der Waals surface area contributed by atoms with Crippen molar-refractivity contribution in [3.8, 4) is 0 Å². The van der Waals surface area contributed by atoms with Crippen LogP contribution in [0.1, 0.15) is 26.6 Å². The molecule has 2 heterocycles. The molecule has 160 valence electrons. The molecule has 0 aliphatic rings. The highest BCUT2D eigenvalue weighted by Gasteiger charge is 2.20. The predicted molar refractivity (Wildman–Crippen MR) is 132 cm³/mol. The van der Waals surface area contributed by atoms with E-state index in [2.05, 4.69) is 59.7 Å². The topological polar surface area (TPSA) is 69.8 Å². The molecule has 0 aliphatic heterocycles. The zero-order valence-electron chi connectivity index (χ0n) is 17.7. The van der Waals surface area contributed by atoms with Gasteiger partial charge >= 0.3 is 0 Å². The van der Waals surface area contributed by atoms with Gasteiger partial charge in [0.2, 0.25) is 0 Å². The van der Waals surface area contributed by atoms with Gasteiger partial charge in [0.1, 0.15) is 6.54 Å². The quantitative estimate of drug-likeness (QED) is 0.210. The maximum atomic E-state index is 4.70. The highest BCUT2D eigenvalue weighted by molar-refractivity contribution is 14.0. The lowest BCUT2D eigenvalue weighted by Gasteiger charge is -2.33. The molecule has 0 spiro atoms. The van der Waals surface area contributed by atoms with E-state index in [9.17, 15) is 0 Å². The van der Waals surface area contributed by atoms with E-state index in [0.717, 1.165) is 43.6 Å². The number of halogens is 1. The normalized spacial score (nSPS) is 12.7. The number of aliphatic imine (C=N–C) groups is 1. The minimum Gasteiger partial charge on any atom is -0.357 e. The molecule has 2 aromatic rings. The summed E-state index contributed by atoms with van der Waals surface area (Å²) < 4.78 is 1.96. The number of rotatable bonds is 11. The SMILES string of the molecule is C=CCN(CC=C)C(CNC(=NCc1nnc2ccccn12)NCC)C(C)C.I. The van der Waals surface area contributed by atoms with Crippen molar-refractivity contribution in [2.75, 3.05) is 26.2 Å². The lowest BCUT2D eigenvalue weighted by atomic mass is 10.0. The van der Waals surface area contributed by atoms with Gasteiger partial charge in [-0.2, -0.15) is 0 Å². The summed E-state index contributed by atoms with van der Waals surface area (Å²) in [6.07, 6.45) is 5.83. The maximum absolute atomic E-state index is 4.70. The Labute approximate surface area is 191 Å². The number of nitrogens with zero attached hydrogens (tertiary/aromatic N) is 5. The molecule has 29 heavy (non-hydrogen) atoms. The molecule has 0 aliphatic carbocycles. The van der Waals surface area contributed by atoms with Crippen LogP contribution in [-0.4, -0.2) is 57.7 Å². The minimum absolute atomic E-state index is 0. The Bertz CT molecular complexity index is 774. The van der Waals surface area contributed by atoms with Crippen LogP contribution < -0.4 is 10.6 Å². The van der Waals surface area contributed by atoms with Crippen molar-refractivity contribution < 1.29 is 0 Å². The van der Waals surface area contributed by atoms with Gasteiger partial charge in [0.15, 0.2) is 17.4 Å². The molecular formula is C21H34IN7. The smallest absolute Gasteiger partial charge is 0.191 e. The summed E-state index contributed by atoms with van der Waals surface area (Å²) in [5.74, 6) is 2.07. The Kier molecular flexibility index (Phi) is 11.5. The molecule has 0 aromatic carbocycles. The summed E-state index contributed by atoms with van der Waals surface area (Å²) in [6, 6.07) is 6.19. The first-order valence-electron chi connectivity index (χ1n) is 9.87. The van der Waals surface area contributed by atoms with Crippen LogP contribution >= 0.6 is 24.0 Å². The van der Waals surface area contributed by atoms with Crippen molar-refractivity contribution in [3.63, 3.8) is 0 Å². The zero-order chi connectivity index (χ0) is 20.4. The van der Waals surface area contributed by atoms with Crippen LogP contribution in [0.2, 0.25) is 0 Å². The Morgan fingerprint density at radius 2 is 1.93 bits per heavy atom. The van der Waals surface area contributed by atoms with Crippen molar-refractivity contribution in [2.45, 2.75) is 33.4 Å². The third-order valence-electron chi connectivity index (χ3n) is 4.55. The Hall–Kier alpha value is -1.94. The lowest BCUT2D eigenvalue weighted by Crippen LogP contribution is -2.49. The fraction of sp³-hybridized carbons (Fsp3) is 0.476. The number of fused-ring (bicyclic) bond motifs is 1. The van der Waals surface area contributed by atoms with E-state index in [4.69, 9.17) is 4.99 Å². The molecule has 0 radical (unpaired) electrons. The molecule has 2 aromatic heterocycles. The summed E-state index contributed by atoms with van der Waals surface area (Å²) in [4.78, 5) is 7.07. The summed E-state index contributed by atoms with van der Waals surface area (Å²) in [6.45, 7) is 18.0. The van der Waals surface area contributed by atoms with Crippen LogP contribution in [0.5, 0.6) is 0 Å². The van der Waals surface area contributed by atoms with Crippen molar-refractivity contribution in [2.24, 2.45) is 10.9 Å². The number of guanidine groups is 1. The highest BCUT2D eigenvalue weighted by atomic mass is 127. The minimum atomic E-state index is 0. The van der Waals surface area contributed by atoms with Crippen molar-refractivity contribution in [3.05, 3.63) is 55.5 Å². The average molecular weight is 511 g/mol. The monoisotopic (exact) mass is 511 g/mol. The van der Waals surface area contributed by atoms with Crippen LogP contribution in [0, 0.1) is 5.92 Å². The molecule has 0 amide bonds. The molecule has 0 bridgehead atoms. The molecule has 1 unspecified atom stereocenters. The summed E-state index contributed by atoms with van der Waals surface area (Å²) in [7, 11) is 0. The third kappa shape index (κ3) is 7.43. The van der Waals surface area contributed by atoms with E-state index >= 15 is 0 Å². The fourth-order valence-electron chi connectivity index (χ4n) is 3.15. The summed E-state index contributed by atoms with van der Waals surface area (Å²) in [5, 5.41) is 15.2. The van der Waals surface area contributed by atoms with Crippen LogP contribution in [0.4, 0.5) is 0 Å². The fourth-order valence-corrected chi connectivity index (χ4v) is 3.15. The number of aromatic nitrogens is 3. The van der Waals surface area contributed by atoms with Gasteiger partial charge in [0.25, 0.3) is 0 Å². The lowest BCUT2D eigenvalue weighted by molar-refractivity contribution is 0.190. The van der Waals surface area contributed by atoms with Gasteiger partial charge in [-0.25, -0.2) is 4.99 Å². The number of nitrogens with one attached hydrogen (secondary N) is 2. The van der Waals surface area contributed by atoms with Gasteiger partial charge in [-0.1, -0.05) is 32.1 Å². The largest absolute Gasteiger partial charge is 0.357 e. The van der Waals surface area contributed by atoms with Crippen LogP contribution in [0.15, 0.2) is 54.7 Å². The van der Waals surface area contributed by atoms with E-state index in [-0.39, 0.29) is 24.0 Å². The molecule has 8 heteroatoms. The van der Waals surface area contributed by atoms with Crippen LogP contribution in [-0.2, 0) is 6.54 Å². The van der Waals surface area contributed by atoms with Crippen molar-refractivity contribution in [1.82, 2.24) is 30.1 Å². The number of hydrogen-bond donors (Lipinski definition) is 2. The Morgan fingerprint density at radius 1 is 1.21 bits per heavy atom. The van der Waals surface area contributed by atoms with E-state index in [1.807, 2.05) is 40.9 Å². The van der Waals surface area contributed by atoms with Crippen molar-refractivity contribution in [1.29, 1.82) is 0 Å². The Morgan fingerprint density at radius 3 is 2.55 bits per heavy atom. The molecule has 7 nitrogen and oxygen atoms in total. The first kappa shape index (κ1) is 25.1. The molecule has 0 saturated carbocycles. The maximum Gasteiger partial charge on any atom is 0.191 e. The van der Waals surface area contributed by atoms with Crippen molar-refractivity contribution >= 4 is 35.6 Å². The standard InChI is InChI=1S/C21H33N7.HI/c1-6-12-27(13-7-2)18(17(4)5)15-23-21(22-8-3)24-16-20-26-25-19-11-9-10-14-28(19)20;/h6-7,9-11,14,17-18H,1-2,8,12-13,15-16H2,3-5H3,(H2,22,23,24);1H. The van der Waals surface area contributed by atoms with Gasteiger partial charge in [0, 0.05) is 38.4 Å². The Balaban J connectivity index is 0.00000420. The van der Waals surface area contributed by atoms with E-state index in [0.29, 0.717) is 18.5 Å². The summed E-state index contributed by atoms with van der Waals surface area (Å²) >= 11 is 0. The second kappa shape index (κ2) is 13.3. The molecule has 0 saturated heterocycles. The van der Waals surface area contributed by atoms with Gasteiger partial charge < -0.3 is 10.6 Å². The van der Waals surface area contributed by atoms with Gasteiger partial charge in [-0.3, -0.25) is 9.30 Å². The second-order valence-electron chi connectivity index (χ2n) is 6.96. The second-order valence-corrected chi connectivity index (χ2v) is 6.96. The van der Waals surface area contributed by atoms with Gasteiger partial charge in [-0.05, 0) is 25.0 Å². The van der Waals surface area contributed by atoms with Gasteiger partial charge in [-0.15, -0.1) is 47.3 Å². The molecular weight excluding hydrogens is 477 g/mol. The number of hydrogen-bond acceptors (Lipinski definition) is 4. The predicted octanol–water partition coefficient (Wildman–Crippen LogP) is 3.10. The molecule has 0 fully saturated rings. The first-order chi connectivity index (χ1) is 13.6. The third-order valence-corrected chi connectivity index (χ3v) is 4.55. The molecule has 2 rings (SSSR count). The van der Waals surface area contributed by atoms with E-state index < -0.39 is 0 Å². The number of pyridine rings is 1. The molecule has 2 N–H and O–H groups in total. The van der Waals surface area contributed by atoms with E-state index in [1.54, 1.807) is 0 Å². The first-order valence-corrected chi connectivity index (χ1v) is 9.87. The zero-order valence-corrected chi connectivity index (χ0v) is 20.0. The summed E-state index contributed by atoms with van der Waals surface area (Å²) in [5.41, 5.74) is 0.829. The van der Waals surface area contributed by atoms with E-state index in [1.165, 1.54) is 0 Å². The van der Waals surface area contributed by atoms with Crippen LogP contribution in [0.3, 0.4) is 0 Å². The van der Waals surface area contributed by atoms with Crippen LogP contribution in [0.25, 0.3) is 5.65 Å². The molecule has 1 atom stereocenters. The van der Waals surface area contributed by atoms with Gasteiger partial charge in [0.05, 0.1) is 0 Å². The average Bonchev–Trinajstić information content (AvgIpc) is 3.09.